The summed E-state index contributed by atoms with van der Waals surface area (Å²) in [6.45, 7) is 0.492. The molecular formula is C22H19N5O2. The summed E-state index contributed by atoms with van der Waals surface area (Å²) in [7, 11) is 0. The molecule has 0 bridgehead atoms. The second kappa shape index (κ2) is 8.26. The number of anilines is 1. The topological polar surface area (TPSA) is 95.1 Å². The Morgan fingerprint density at radius 2 is 1.83 bits per heavy atom. The number of amides is 2. The molecule has 144 valence electrons. The van der Waals surface area contributed by atoms with Crippen LogP contribution in [0.4, 0.5) is 10.5 Å². The third kappa shape index (κ3) is 4.59. The van der Waals surface area contributed by atoms with Gasteiger partial charge in [0.25, 0.3) is 0 Å². The van der Waals surface area contributed by atoms with Crippen molar-refractivity contribution in [2.24, 2.45) is 5.73 Å². The third-order valence-corrected chi connectivity index (χ3v) is 4.30. The van der Waals surface area contributed by atoms with Gasteiger partial charge < -0.3 is 15.8 Å². The van der Waals surface area contributed by atoms with E-state index in [-0.39, 0.29) is 0 Å². The maximum Gasteiger partial charge on any atom is 0.316 e. The van der Waals surface area contributed by atoms with Crippen LogP contribution in [0.15, 0.2) is 85.5 Å². The van der Waals surface area contributed by atoms with Crippen molar-refractivity contribution in [3.8, 4) is 22.6 Å². The predicted molar refractivity (Wildman–Crippen MR) is 111 cm³/mol. The molecule has 0 unspecified atom stereocenters. The number of benzene rings is 2. The van der Waals surface area contributed by atoms with Gasteiger partial charge in [0.15, 0.2) is 0 Å². The first-order valence-corrected chi connectivity index (χ1v) is 9.01. The lowest BCUT2D eigenvalue weighted by Gasteiger charge is -2.09. The van der Waals surface area contributed by atoms with Crippen LogP contribution in [0.2, 0.25) is 0 Å². The zero-order valence-corrected chi connectivity index (χ0v) is 15.5. The number of carbonyl (C=O) groups excluding carboxylic acids is 1. The molecule has 2 amide bonds. The van der Waals surface area contributed by atoms with E-state index in [0.717, 1.165) is 28.1 Å². The Morgan fingerprint density at radius 1 is 1.03 bits per heavy atom. The molecule has 0 aliphatic rings. The molecule has 0 radical (unpaired) electrons. The van der Waals surface area contributed by atoms with Gasteiger partial charge in [-0.15, -0.1) is 0 Å². The number of pyridine rings is 1. The Bertz CT molecular complexity index is 1110. The number of carbonyl (C=O) groups is 1. The highest BCUT2D eigenvalue weighted by molar-refractivity contribution is 5.87. The van der Waals surface area contributed by atoms with Gasteiger partial charge in [-0.25, -0.2) is 9.48 Å². The number of hydrogen-bond acceptors (Lipinski definition) is 4. The SMILES string of the molecule is NC(=O)Nc1cnn(-c2ccc(-c3cccc(OCc4ccncc4)c3)cc2)c1. The molecule has 0 fully saturated rings. The number of hydrogen-bond donors (Lipinski definition) is 2. The molecule has 7 heteroatoms. The highest BCUT2D eigenvalue weighted by Crippen LogP contribution is 2.25. The van der Waals surface area contributed by atoms with Gasteiger partial charge in [-0.05, 0) is 53.1 Å². The van der Waals surface area contributed by atoms with Crippen molar-refractivity contribution in [1.29, 1.82) is 0 Å². The largest absolute Gasteiger partial charge is 0.489 e. The molecule has 0 atom stereocenters. The fourth-order valence-corrected chi connectivity index (χ4v) is 2.89. The standard InChI is InChI=1S/C22H19N5O2/c23-22(28)26-19-13-25-27(14-19)20-6-4-17(5-7-20)18-2-1-3-21(12-18)29-15-16-8-10-24-11-9-16/h1-14H,15H2,(H3,23,26,28). The van der Waals surface area contributed by atoms with Crippen LogP contribution in [-0.4, -0.2) is 20.8 Å². The zero-order valence-electron chi connectivity index (χ0n) is 15.5. The molecule has 2 heterocycles. The molecule has 2 aromatic carbocycles. The van der Waals surface area contributed by atoms with Gasteiger partial charge in [0.05, 0.1) is 23.8 Å². The maximum absolute atomic E-state index is 10.9. The van der Waals surface area contributed by atoms with Crippen LogP contribution in [0.3, 0.4) is 0 Å². The fraction of sp³-hybridized carbons (Fsp3) is 0.0455. The van der Waals surface area contributed by atoms with Crippen molar-refractivity contribution in [3.63, 3.8) is 0 Å². The summed E-state index contributed by atoms with van der Waals surface area (Å²) in [5.74, 6) is 0.803. The normalized spacial score (nSPS) is 10.5. The molecule has 2 aromatic heterocycles. The molecule has 0 aliphatic carbocycles. The van der Waals surface area contributed by atoms with E-state index in [1.165, 1.54) is 0 Å². The van der Waals surface area contributed by atoms with Crippen molar-refractivity contribution in [2.45, 2.75) is 6.61 Å². The first-order valence-electron chi connectivity index (χ1n) is 9.01. The summed E-state index contributed by atoms with van der Waals surface area (Å²) in [6.07, 6.45) is 6.75. The second-order valence-corrected chi connectivity index (χ2v) is 6.38. The molecule has 4 aromatic rings. The van der Waals surface area contributed by atoms with Gasteiger partial charge in [0.2, 0.25) is 0 Å². The Morgan fingerprint density at radius 3 is 2.59 bits per heavy atom. The molecule has 4 rings (SSSR count). The highest BCUT2D eigenvalue weighted by Gasteiger charge is 2.05. The monoisotopic (exact) mass is 385 g/mol. The molecule has 0 saturated carbocycles. The van der Waals surface area contributed by atoms with Gasteiger partial charge in [0, 0.05) is 12.4 Å². The van der Waals surface area contributed by atoms with Gasteiger partial charge in [0.1, 0.15) is 12.4 Å². The van der Waals surface area contributed by atoms with Gasteiger partial charge in [-0.2, -0.15) is 5.10 Å². The van der Waals surface area contributed by atoms with Crippen LogP contribution in [0.1, 0.15) is 5.56 Å². The quantitative estimate of drug-likeness (QED) is 0.524. The van der Waals surface area contributed by atoms with Crippen LogP contribution in [0, 0.1) is 0 Å². The van der Waals surface area contributed by atoms with Crippen LogP contribution >= 0.6 is 0 Å². The first kappa shape index (κ1) is 18.2. The lowest BCUT2D eigenvalue weighted by molar-refractivity contribution is 0.259. The highest BCUT2D eigenvalue weighted by atomic mass is 16.5. The molecule has 7 nitrogen and oxygen atoms in total. The summed E-state index contributed by atoms with van der Waals surface area (Å²) >= 11 is 0. The minimum Gasteiger partial charge on any atom is -0.489 e. The van der Waals surface area contributed by atoms with Crippen molar-refractivity contribution < 1.29 is 9.53 Å². The van der Waals surface area contributed by atoms with E-state index in [1.54, 1.807) is 29.5 Å². The Labute approximate surface area is 167 Å². The maximum atomic E-state index is 10.9. The van der Waals surface area contributed by atoms with Crippen LogP contribution in [0.5, 0.6) is 5.75 Å². The summed E-state index contributed by atoms with van der Waals surface area (Å²) in [6, 6.07) is 19.2. The number of primary amides is 1. The smallest absolute Gasteiger partial charge is 0.316 e. The molecule has 3 N–H and O–H groups in total. The molecular weight excluding hydrogens is 366 g/mol. The van der Waals surface area contributed by atoms with E-state index in [4.69, 9.17) is 10.5 Å². The lowest BCUT2D eigenvalue weighted by Crippen LogP contribution is -2.18. The van der Waals surface area contributed by atoms with Crippen molar-refractivity contribution in [2.75, 3.05) is 5.32 Å². The van der Waals surface area contributed by atoms with E-state index in [1.807, 2.05) is 60.7 Å². The summed E-state index contributed by atoms with van der Waals surface area (Å²) in [4.78, 5) is 14.9. The second-order valence-electron chi connectivity index (χ2n) is 6.38. The average molecular weight is 385 g/mol. The van der Waals surface area contributed by atoms with Crippen LogP contribution < -0.4 is 15.8 Å². The summed E-state index contributed by atoms with van der Waals surface area (Å²) in [5.41, 5.74) is 9.72. The van der Waals surface area contributed by atoms with Crippen LogP contribution in [-0.2, 0) is 6.61 Å². The molecule has 0 saturated heterocycles. The van der Waals surface area contributed by atoms with E-state index in [0.29, 0.717) is 12.3 Å². The molecule has 0 aliphatic heterocycles. The van der Waals surface area contributed by atoms with E-state index < -0.39 is 6.03 Å². The van der Waals surface area contributed by atoms with Crippen molar-refractivity contribution in [3.05, 3.63) is 91.0 Å². The summed E-state index contributed by atoms with van der Waals surface area (Å²) < 4.78 is 7.57. The fourth-order valence-electron chi connectivity index (χ4n) is 2.89. The number of nitrogens with two attached hydrogens (primary N) is 1. The van der Waals surface area contributed by atoms with Gasteiger partial charge in [-0.1, -0.05) is 24.3 Å². The first-order chi connectivity index (χ1) is 14.2. The molecule has 0 spiro atoms. The Kier molecular flexibility index (Phi) is 5.20. The third-order valence-electron chi connectivity index (χ3n) is 4.30. The number of ether oxygens (including phenoxy) is 1. The van der Waals surface area contributed by atoms with E-state index in [2.05, 4.69) is 15.4 Å². The van der Waals surface area contributed by atoms with Crippen molar-refractivity contribution >= 4 is 11.7 Å². The zero-order chi connectivity index (χ0) is 20.1. The minimum atomic E-state index is -0.620. The van der Waals surface area contributed by atoms with Crippen LogP contribution in [0.25, 0.3) is 16.8 Å². The lowest BCUT2D eigenvalue weighted by atomic mass is 10.1. The number of nitrogens with zero attached hydrogens (tertiary/aromatic N) is 3. The number of aromatic nitrogens is 3. The van der Waals surface area contributed by atoms with E-state index in [9.17, 15) is 4.79 Å². The van der Waals surface area contributed by atoms with E-state index >= 15 is 0 Å². The van der Waals surface area contributed by atoms with Crippen molar-refractivity contribution in [1.82, 2.24) is 14.8 Å². The number of nitrogens with one attached hydrogen (secondary N) is 1. The predicted octanol–water partition coefficient (Wildman–Crippen LogP) is 4.00. The number of urea groups is 1. The molecule has 29 heavy (non-hydrogen) atoms. The van der Waals surface area contributed by atoms with Gasteiger partial charge >= 0.3 is 6.03 Å². The van der Waals surface area contributed by atoms with Gasteiger partial charge in [-0.3, -0.25) is 4.98 Å². The number of rotatable bonds is 6. The Hall–Kier alpha value is -4.13. The Balaban J connectivity index is 1.47. The minimum absolute atomic E-state index is 0.492. The average Bonchev–Trinajstić information content (AvgIpc) is 3.21. The summed E-state index contributed by atoms with van der Waals surface area (Å²) in [5, 5.41) is 6.73.